The van der Waals surface area contributed by atoms with Crippen LogP contribution >= 0.6 is 0 Å². The summed E-state index contributed by atoms with van der Waals surface area (Å²) in [6.07, 6.45) is 3.99. The van der Waals surface area contributed by atoms with E-state index in [1.807, 2.05) is 0 Å². The Balaban J connectivity index is 1.71. The van der Waals surface area contributed by atoms with E-state index in [9.17, 15) is 0 Å². The first kappa shape index (κ1) is 14.1. The number of rotatable bonds is 4. The zero-order chi connectivity index (χ0) is 14.2. The summed E-state index contributed by atoms with van der Waals surface area (Å²) in [6, 6.07) is 12.2. The van der Waals surface area contributed by atoms with Gasteiger partial charge >= 0.3 is 0 Å². The standard InChI is InChI=1S/C18H28N2/c1-14(2)20-13-18(3,16-9-10-16)19-12-17(20)11-15-7-5-4-6-8-15/h4-8,14,16-17,19H,9-13H2,1-3H3. The van der Waals surface area contributed by atoms with Gasteiger partial charge in [0.15, 0.2) is 0 Å². The minimum Gasteiger partial charge on any atom is -0.308 e. The Hall–Kier alpha value is -0.860. The van der Waals surface area contributed by atoms with E-state index >= 15 is 0 Å². The average molecular weight is 272 g/mol. The van der Waals surface area contributed by atoms with Crippen molar-refractivity contribution in [2.45, 2.75) is 57.7 Å². The van der Waals surface area contributed by atoms with E-state index in [1.165, 1.54) is 24.9 Å². The van der Waals surface area contributed by atoms with E-state index in [4.69, 9.17) is 0 Å². The van der Waals surface area contributed by atoms with Crippen molar-refractivity contribution in [3.63, 3.8) is 0 Å². The van der Waals surface area contributed by atoms with Gasteiger partial charge in [0.2, 0.25) is 0 Å². The van der Waals surface area contributed by atoms with Crippen LogP contribution in [0.2, 0.25) is 0 Å². The highest BCUT2D eigenvalue weighted by Crippen LogP contribution is 2.41. The fraction of sp³-hybridized carbons (Fsp3) is 0.667. The Labute approximate surface area is 123 Å². The first-order valence-corrected chi connectivity index (χ1v) is 8.13. The lowest BCUT2D eigenvalue weighted by atomic mass is 9.88. The third-order valence-electron chi connectivity index (χ3n) is 5.18. The smallest absolute Gasteiger partial charge is 0.0309 e. The molecular formula is C18H28N2. The minimum atomic E-state index is 0.345. The maximum absolute atomic E-state index is 3.87. The largest absolute Gasteiger partial charge is 0.308 e. The molecular weight excluding hydrogens is 244 g/mol. The van der Waals surface area contributed by atoms with Crippen LogP contribution in [0.3, 0.4) is 0 Å². The molecule has 0 aromatic heterocycles. The van der Waals surface area contributed by atoms with Gasteiger partial charge in [-0.15, -0.1) is 0 Å². The maximum Gasteiger partial charge on any atom is 0.0309 e. The van der Waals surface area contributed by atoms with Gasteiger partial charge in [-0.1, -0.05) is 30.3 Å². The van der Waals surface area contributed by atoms with Crippen LogP contribution in [-0.4, -0.2) is 35.6 Å². The van der Waals surface area contributed by atoms with Crippen molar-refractivity contribution < 1.29 is 0 Å². The lowest BCUT2D eigenvalue weighted by Gasteiger charge is -2.48. The molecule has 1 aliphatic carbocycles. The van der Waals surface area contributed by atoms with E-state index in [0.29, 0.717) is 17.6 Å². The van der Waals surface area contributed by atoms with Crippen molar-refractivity contribution in [2.24, 2.45) is 5.92 Å². The van der Waals surface area contributed by atoms with Crippen molar-refractivity contribution >= 4 is 0 Å². The Kier molecular flexibility index (Phi) is 3.87. The first-order valence-electron chi connectivity index (χ1n) is 8.13. The number of hydrogen-bond donors (Lipinski definition) is 1. The molecule has 3 rings (SSSR count). The number of benzene rings is 1. The minimum absolute atomic E-state index is 0.345. The van der Waals surface area contributed by atoms with Gasteiger partial charge in [0.05, 0.1) is 0 Å². The van der Waals surface area contributed by atoms with E-state index in [0.717, 1.165) is 18.9 Å². The molecule has 2 atom stereocenters. The molecule has 110 valence electrons. The van der Waals surface area contributed by atoms with E-state index in [1.54, 1.807) is 0 Å². The van der Waals surface area contributed by atoms with Crippen LogP contribution in [0.5, 0.6) is 0 Å². The van der Waals surface area contributed by atoms with Crippen LogP contribution in [0.25, 0.3) is 0 Å². The molecule has 1 saturated carbocycles. The van der Waals surface area contributed by atoms with Crippen molar-refractivity contribution in [3.05, 3.63) is 35.9 Å². The quantitative estimate of drug-likeness (QED) is 0.906. The Morgan fingerprint density at radius 3 is 2.55 bits per heavy atom. The molecule has 2 aliphatic rings. The Morgan fingerprint density at radius 1 is 1.25 bits per heavy atom. The monoisotopic (exact) mass is 272 g/mol. The highest BCUT2D eigenvalue weighted by Gasteiger charge is 2.46. The van der Waals surface area contributed by atoms with Gasteiger partial charge in [-0.25, -0.2) is 0 Å². The molecule has 20 heavy (non-hydrogen) atoms. The summed E-state index contributed by atoms with van der Waals surface area (Å²) >= 11 is 0. The zero-order valence-corrected chi connectivity index (χ0v) is 13.1. The fourth-order valence-corrected chi connectivity index (χ4v) is 3.71. The summed E-state index contributed by atoms with van der Waals surface area (Å²) < 4.78 is 0. The van der Waals surface area contributed by atoms with Crippen molar-refractivity contribution in [1.29, 1.82) is 0 Å². The van der Waals surface area contributed by atoms with E-state index in [-0.39, 0.29) is 0 Å². The van der Waals surface area contributed by atoms with E-state index in [2.05, 4.69) is 61.3 Å². The highest BCUT2D eigenvalue weighted by molar-refractivity contribution is 5.17. The molecule has 1 aromatic carbocycles. The van der Waals surface area contributed by atoms with Gasteiger partial charge in [-0.3, -0.25) is 4.90 Å². The first-order chi connectivity index (χ1) is 9.58. The predicted octanol–water partition coefficient (Wildman–Crippen LogP) is 3.08. The average Bonchev–Trinajstić information content (AvgIpc) is 3.27. The molecule has 2 nitrogen and oxygen atoms in total. The highest BCUT2D eigenvalue weighted by atomic mass is 15.3. The molecule has 0 bridgehead atoms. The van der Waals surface area contributed by atoms with Gasteiger partial charge < -0.3 is 5.32 Å². The molecule has 1 heterocycles. The van der Waals surface area contributed by atoms with Crippen molar-refractivity contribution in [2.75, 3.05) is 13.1 Å². The van der Waals surface area contributed by atoms with Crippen LogP contribution in [0, 0.1) is 5.92 Å². The number of hydrogen-bond acceptors (Lipinski definition) is 2. The summed E-state index contributed by atoms with van der Waals surface area (Å²) in [5.74, 6) is 0.904. The van der Waals surface area contributed by atoms with Gasteiger partial charge in [0, 0.05) is 30.7 Å². The topological polar surface area (TPSA) is 15.3 Å². The summed E-state index contributed by atoms with van der Waals surface area (Å²) in [6.45, 7) is 9.44. The number of nitrogens with one attached hydrogen (secondary N) is 1. The lowest BCUT2D eigenvalue weighted by molar-refractivity contribution is 0.0500. The van der Waals surface area contributed by atoms with Crippen LogP contribution in [0.15, 0.2) is 30.3 Å². The van der Waals surface area contributed by atoms with Gasteiger partial charge in [-0.05, 0) is 51.5 Å². The fourth-order valence-electron chi connectivity index (χ4n) is 3.71. The van der Waals surface area contributed by atoms with Crippen LogP contribution in [-0.2, 0) is 6.42 Å². The normalized spacial score (nSPS) is 31.7. The third kappa shape index (κ3) is 2.91. The second-order valence-electron chi connectivity index (χ2n) is 7.18. The van der Waals surface area contributed by atoms with Gasteiger partial charge in [-0.2, -0.15) is 0 Å². The maximum atomic E-state index is 3.87. The predicted molar refractivity (Wildman–Crippen MR) is 84.9 cm³/mol. The van der Waals surface area contributed by atoms with Crippen LogP contribution in [0.4, 0.5) is 0 Å². The second-order valence-corrected chi connectivity index (χ2v) is 7.18. The molecule has 2 heteroatoms. The SMILES string of the molecule is CC(C)N1CC(C)(C2CC2)NCC1Cc1ccccc1. The molecule has 1 saturated heterocycles. The van der Waals surface area contributed by atoms with Gasteiger partial charge in [0.1, 0.15) is 0 Å². The summed E-state index contributed by atoms with van der Waals surface area (Å²) in [5, 5.41) is 3.87. The van der Waals surface area contributed by atoms with Crippen LogP contribution < -0.4 is 5.32 Å². The number of piperazine rings is 1. The molecule has 1 aliphatic heterocycles. The third-order valence-corrected chi connectivity index (χ3v) is 5.18. The summed E-state index contributed by atoms with van der Waals surface area (Å²) in [7, 11) is 0. The molecule has 2 unspecified atom stereocenters. The molecule has 0 spiro atoms. The molecule has 0 amide bonds. The molecule has 1 N–H and O–H groups in total. The van der Waals surface area contributed by atoms with Crippen molar-refractivity contribution in [3.8, 4) is 0 Å². The molecule has 2 fully saturated rings. The Morgan fingerprint density at radius 2 is 1.95 bits per heavy atom. The second kappa shape index (κ2) is 5.50. The van der Waals surface area contributed by atoms with E-state index < -0.39 is 0 Å². The Bertz CT molecular complexity index is 438. The lowest BCUT2D eigenvalue weighted by Crippen LogP contribution is -2.65. The zero-order valence-electron chi connectivity index (χ0n) is 13.1. The number of nitrogens with zero attached hydrogens (tertiary/aromatic N) is 1. The van der Waals surface area contributed by atoms with Crippen molar-refractivity contribution in [1.82, 2.24) is 10.2 Å². The summed E-state index contributed by atoms with van der Waals surface area (Å²) in [5.41, 5.74) is 1.80. The summed E-state index contributed by atoms with van der Waals surface area (Å²) in [4.78, 5) is 2.72. The van der Waals surface area contributed by atoms with Crippen LogP contribution in [0.1, 0.15) is 39.2 Å². The van der Waals surface area contributed by atoms with Gasteiger partial charge in [0.25, 0.3) is 0 Å². The molecule has 0 radical (unpaired) electrons. The molecule has 1 aromatic rings.